The Morgan fingerprint density at radius 3 is 2.35 bits per heavy atom. The van der Waals surface area contributed by atoms with Crippen molar-refractivity contribution in [1.82, 2.24) is 24.4 Å². The molecule has 288 valence electrons. The Labute approximate surface area is 322 Å². The Kier molecular flexibility index (Phi) is 10.5. The van der Waals surface area contributed by atoms with Crippen molar-refractivity contribution in [2.24, 2.45) is 0 Å². The molecule has 0 atom stereocenters. The number of fused-ring (bicyclic) bond motifs is 1. The van der Waals surface area contributed by atoms with Crippen molar-refractivity contribution in [2.75, 3.05) is 55.7 Å². The number of H-pyrrole nitrogens is 1. The summed E-state index contributed by atoms with van der Waals surface area (Å²) in [5, 5.41) is 0. The molecular weight excluding hydrogens is 695 g/mol. The van der Waals surface area contributed by atoms with E-state index in [2.05, 4.69) is 27.8 Å². The Morgan fingerprint density at radius 2 is 1.69 bits per heavy atom. The predicted octanol–water partition coefficient (Wildman–Crippen LogP) is 7.13. The molecule has 2 aliphatic rings. The van der Waals surface area contributed by atoms with E-state index in [9.17, 15) is 9.59 Å². The van der Waals surface area contributed by atoms with Gasteiger partial charge < -0.3 is 29.2 Å². The highest BCUT2D eigenvalue weighted by atomic mass is 16.6. The highest BCUT2D eigenvalue weighted by Crippen LogP contribution is 2.36. The van der Waals surface area contributed by atoms with Crippen molar-refractivity contribution < 1.29 is 19.1 Å². The molecule has 0 radical (unpaired) electrons. The van der Waals surface area contributed by atoms with Gasteiger partial charge in [-0.2, -0.15) is 0 Å². The van der Waals surface area contributed by atoms with E-state index in [0.29, 0.717) is 67.4 Å². The zero-order valence-electron chi connectivity index (χ0n) is 32.9. The van der Waals surface area contributed by atoms with Crippen molar-refractivity contribution in [3.63, 3.8) is 0 Å². The minimum absolute atomic E-state index is 0.258. The standard InChI is InChI=1S/C43H51N7O5/c1-8-49(32-15-21-54-22-16-32)36-25-31(30-13-14-37(44-26-30)47-17-19-48(20-18-47)42(53)55-43(5,6)7)24-33(29(36)4)41(52)50-35-12-10-9-11-34(35)46-39(50)38-27(2)23-28(3)45-40(38)51/h9-14,23-26,32H,8,15-22H2,1-7H3,(H,45,51). The maximum absolute atomic E-state index is 15.2. The van der Waals surface area contributed by atoms with Crippen LogP contribution in [0.15, 0.2) is 65.6 Å². The fourth-order valence-corrected chi connectivity index (χ4v) is 7.85. The van der Waals surface area contributed by atoms with Gasteiger partial charge in [-0.05, 0) is 120 Å². The lowest BCUT2D eigenvalue weighted by atomic mass is 9.95. The second-order valence-electron chi connectivity index (χ2n) is 15.6. The second-order valence-corrected chi connectivity index (χ2v) is 15.6. The smallest absolute Gasteiger partial charge is 0.410 e. The van der Waals surface area contributed by atoms with E-state index in [4.69, 9.17) is 19.4 Å². The van der Waals surface area contributed by atoms with E-state index in [1.54, 1.807) is 9.47 Å². The van der Waals surface area contributed by atoms with E-state index in [1.165, 1.54) is 0 Å². The van der Waals surface area contributed by atoms with Crippen LogP contribution in [0.4, 0.5) is 16.3 Å². The van der Waals surface area contributed by atoms with E-state index < -0.39 is 5.60 Å². The first-order valence-corrected chi connectivity index (χ1v) is 19.2. The van der Waals surface area contributed by atoms with Gasteiger partial charge in [-0.3, -0.25) is 14.2 Å². The Bertz CT molecular complexity index is 2270. The first-order valence-electron chi connectivity index (χ1n) is 19.2. The number of para-hydroxylation sites is 2. The molecule has 3 aromatic heterocycles. The lowest BCUT2D eigenvalue weighted by Gasteiger charge is -2.37. The first kappa shape index (κ1) is 37.8. The van der Waals surface area contributed by atoms with Crippen LogP contribution >= 0.6 is 0 Å². The van der Waals surface area contributed by atoms with Gasteiger partial charge in [-0.25, -0.2) is 14.8 Å². The lowest BCUT2D eigenvalue weighted by molar-refractivity contribution is 0.0240. The number of nitrogens with one attached hydrogen (secondary N) is 1. The second kappa shape index (κ2) is 15.3. The summed E-state index contributed by atoms with van der Waals surface area (Å²) in [7, 11) is 0. The molecule has 2 fully saturated rings. The molecule has 7 rings (SSSR count). The number of carbonyl (C=O) groups is 2. The predicted molar refractivity (Wildman–Crippen MR) is 216 cm³/mol. The Morgan fingerprint density at radius 1 is 0.964 bits per heavy atom. The molecular formula is C43H51N7O5. The van der Waals surface area contributed by atoms with Crippen molar-refractivity contribution in [2.45, 2.75) is 73.0 Å². The first-order chi connectivity index (χ1) is 26.3. The van der Waals surface area contributed by atoms with Gasteiger partial charge in [-0.1, -0.05) is 12.1 Å². The van der Waals surface area contributed by atoms with Crippen LogP contribution in [0.2, 0.25) is 0 Å². The monoisotopic (exact) mass is 745 g/mol. The fourth-order valence-electron chi connectivity index (χ4n) is 7.85. The number of anilines is 2. The van der Waals surface area contributed by atoms with Gasteiger partial charge in [0.15, 0.2) is 5.82 Å². The molecule has 0 bridgehead atoms. The maximum atomic E-state index is 15.2. The number of pyridine rings is 2. The van der Waals surface area contributed by atoms with Crippen molar-refractivity contribution in [3.8, 4) is 22.5 Å². The van der Waals surface area contributed by atoms with E-state index in [-0.39, 0.29) is 23.6 Å². The summed E-state index contributed by atoms with van der Waals surface area (Å²) >= 11 is 0. The normalized spacial score (nSPS) is 15.4. The number of carbonyl (C=O) groups excluding carboxylic acids is 2. The topological polar surface area (TPSA) is 126 Å². The van der Waals surface area contributed by atoms with Gasteiger partial charge in [0.05, 0.1) is 16.6 Å². The van der Waals surface area contributed by atoms with E-state index >= 15 is 4.79 Å². The van der Waals surface area contributed by atoms with Gasteiger partial charge in [-0.15, -0.1) is 0 Å². The highest BCUT2D eigenvalue weighted by Gasteiger charge is 2.29. The van der Waals surface area contributed by atoms with Gasteiger partial charge in [0.2, 0.25) is 0 Å². The number of rotatable bonds is 7. The largest absolute Gasteiger partial charge is 0.444 e. The quantitative estimate of drug-likeness (QED) is 0.185. The average molecular weight is 746 g/mol. The van der Waals surface area contributed by atoms with Crippen LogP contribution in [-0.2, 0) is 9.47 Å². The fraction of sp³-hybridized carbons (Fsp3) is 0.419. The number of piperazine rings is 1. The molecule has 5 heterocycles. The Balaban J connectivity index is 1.29. The summed E-state index contributed by atoms with van der Waals surface area (Å²) in [6, 6.07) is 17.8. The van der Waals surface area contributed by atoms with Crippen molar-refractivity contribution in [3.05, 3.63) is 93.5 Å². The molecule has 5 aromatic rings. The number of benzene rings is 2. The maximum Gasteiger partial charge on any atom is 0.410 e. The lowest BCUT2D eigenvalue weighted by Crippen LogP contribution is -2.50. The molecule has 2 aromatic carbocycles. The van der Waals surface area contributed by atoms with E-state index in [0.717, 1.165) is 58.8 Å². The molecule has 0 spiro atoms. The van der Waals surface area contributed by atoms with Crippen LogP contribution in [0.25, 0.3) is 33.5 Å². The number of imidazole rings is 1. The number of amides is 1. The summed E-state index contributed by atoms with van der Waals surface area (Å²) in [5.41, 5.74) is 6.36. The summed E-state index contributed by atoms with van der Waals surface area (Å²) in [6.07, 6.45) is 3.35. The minimum Gasteiger partial charge on any atom is -0.444 e. The number of aromatic amines is 1. The van der Waals surface area contributed by atoms with Crippen LogP contribution in [-0.4, -0.2) is 94.0 Å². The molecule has 0 aliphatic carbocycles. The summed E-state index contributed by atoms with van der Waals surface area (Å²) in [6.45, 7) is 18.0. The number of nitrogens with zero attached hydrogens (tertiary/aromatic N) is 6. The number of ether oxygens (including phenoxy) is 2. The summed E-state index contributed by atoms with van der Waals surface area (Å²) < 4.78 is 12.9. The number of hydrogen-bond acceptors (Lipinski definition) is 9. The van der Waals surface area contributed by atoms with Crippen LogP contribution in [0.1, 0.15) is 67.7 Å². The molecule has 1 N–H and O–H groups in total. The van der Waals surface area contributed by atoms with Gasteiger partial charge in [0.25, 0.3) is 11.5 Å². The van der Waals surface area contributed by atoms with Crippen LogP contribution < -0.4 is 15.4 Å². The molecule has 2 saturated heterocycles. The van der Waals surface area contributed by atoms with Gasteiger partial charge in [0.1, 0.15) is 11.4 Å². The molecule has 0 saturated carbocycles. The van der Waals surface area contributed by atoms with Gasteiger partial charge >= 0.3 is 6.09 Å². The van der Waals surface area contributed by atoms with Gasteiger partial charge in [0, 0.05) is 80.7 Å². The third-order valence-electron chi connectivity index (χ3n) is 10.6. The zero-order valence-corrected chi connectivity index (χ0v) is 32.9. The molecule has 12 nitrogen and oxygen atoms in total. The number of aryl methyl sites for hydroxylation is 2. The van der Waals surface area contributed by atoms with Crippen molar-refractivity contribution in [1.29, 1.82) is 0 Å². The third-order valence-corrected chi connectivity index (χ3v) is 10.6. The third kappa shape index (κ3) is 7.73. The zero-order chi connectivity index (χ0) is 39.0. The van der Waals surface area contributed by atoms with Crippen molar-refractivity contribution >= 4 is 34.5 Å². The number of hydrogen-bond donors (Lipinski definition) is 1. The van der Waals surface area contributed by atoms with E-state index in [1.807, 2.05) is 96.3 Å². The number of aromatic nitrogens is 4. The average Bonchev–Trinajstić information content (AvgIpc) is 3.54. The Hall–Kier alpha value is -5.49. The molecule has 2 aliphatic heterocycles. The minimum atomic E-state index is -0.543. The molecule has 0 unspecified atom stereocenters. The SMILES string of the molecule is CCN(c1cc(-c2ccc(N3CCN(C(=O)OC(C)(C)C)CC3)nc2)cc(C(=O)n2c(-c3c(C)cc(C)[nH]c3=O)nc3ccccc32)c1C)C1CCOCC1. The van der Waals surface area contributed by atoms with Crippen LogP contribution in [0, 0.1) is 20.8 Å². The van der Waals surface area contributed by atoms with Crippen LogP contribution in [0.3, 0.4) is 0 Å². The highest BCUT2D eigenvalue weighted by molar-refractivity contribution is 6.06. The summed E-state index contributed by atoms with van der Waals surface area (Å²) in [4.78, 5) is 60.3. The summed E-state index contributed by atoms with van der Waals surface area (Å²) in [5.74, 6) is 0.867. The van der Waals surface area contributed by atoms with Crippen LogP contribution in [0.5, 0.6) is 0 Å². The molecule has 55 heavy (non-hydrogen) atoms. The molecule has 12 heteroatoms. The molecule has 1 amide bonds.